The first-order valence-corrected chi connectivity index (χ1v) is 9.01. The normalized spacial score (nSPS) is 15.2. The summed E-state index contributed by atoms with van der Waals surface area (Å²) >= 11 is 5.01. The number of nitrogens with one attached hydrogen (secondary N) is 1. The molecule has 0 saturated heterocycles. The highest BCUT2D eigenvalue weighted by Crippen LogP contribution is 2.29. The van der Waals surface area contributed by atoms with Crippen LogP contribution in [0.4, 0.5) is 0 Å². The summed E-state index contributed by atoms with van der Waals surface area (Å²) in [5.41, 5.74) is 1.62. The summed E-state index contributed by atoms with van der Waals surface area (Å²) in [4.78, 5) is 5.53. The van der Waals surface area contributed by atoms with Gasteiger partial charge in [-0.15, -0.1) is 11.3 Å². The zero-order valence-electron chi connectivity index (χ0n) is 11.9. The third-order valence-electron chi connectivity index (χ3n) is 3.65. The summed E-state index contributed by atoms with van der Waals surface area (Å²) in [6.07, 6.45) is 10.8. The molecule has 5 heteroatoms. The molecule has 0 fully saturated rings. The van der Waals surface area contributed by atoms with Crippen LogP contribution in [0.2, 0.25) is 0 Å². The van der Waals surface area contributed by atoms with Gasteiger partial charge in [0, 0.05) is 12.7 Å². The van der Waals surface area contributed by atoms with Gasteiger partial charge in [0.25, 0.3) is 0 Å². The van der Waals surface area contributed by atoms with Crippen molar-refractivity contribution in [1.82, 2.24) is 10.3 Å². The van der Waals surface area contributed by atoms with Crippen LogP contribution in [-0.4, -0.2) is 11.5 Å². The molecule has 3 rings (SSSR count). The number of hydrogen-bond acceptors (Lipinski definition) is 4. The van der Waals surface area contributed by atoms with E-state index in [-0.39, 0.29) is 0 Å². The van der Waals surface area contributed by atoms with Gasteiger partial charge in [0.05, 0.1) is 4.88 Å². The molecule has 1 aliphatic rings. The van der Waals surface area contributed by atoms with E-state index in [4.69, 9.17) is 4.42 Å². The van der Waals surface area contributed by atoms with Crippen molar-refractivity contribution in [3.8, 4) is 10.6 Å². The largest absolute Gasteiger partial charge is 0.448 e. The molecule has 2 heterocycles. The molecule has 0 atom stereocenters. The number of hydrogen-bond donors (Lipinski definition) is 1. The molecular weight excluding hydrogens is 348 g/mol. The van der Waals surface area contributed by atoms with E-state index in [0.29, 0.717) is 0 Å². The maximum absolute atomic E-state index is 5.55. The second-order valence-corrected chi connectivity index (χ2v) is 7.15. The van der Waals surface area contributed by atoms with E-state index in [1.165, 1.54) is 32.1 Å². The fraction of sp³-hybridized carbons (Fsp3) is 0.438. The maximum Gasteiger partial charge on any atom is 0.169 e. The lowest BCUT2D eigenvalue weighted by molar-refractivity contribution is 0.557. The zero-order valence-corrected chi connectivity index (χ0v) is 14.3. The van der Waals surface area contributed by atoms with Crippen molar-refractivity contribution in [2.24, 2.45) is 0 Å². The van der Waals surface area contributed by atoms with E-state index < -0.39 is 0 Å². The van der Waals surface area contributed by atoms with E-state index in [0.717, 1.165) is 33.4 Å². The molecule has 1 aliphatic carbocycles. The Morgan fingerprint density at radius 1 is 1.33 bits per heavy atom. The van der Waals surface area contributed by atoms with Crippen LogP contribution < -0.4 is 5.32 Å². The van der Waals surface area contributed by atoms with Crippen molar-refractivity contribution in [3.05, 3.63) is 39.7 Å². The second-order valence-electron chi connectivity index (χ2n) is 5.26. The Morgan fingerprint density at radius 2 is 2.29 bits per heavy atom. The van der Waals surface area contributed by atoms with Crippen molar-refractivity contribution in [2.45, 2.75) is 38.6 Å². The van der Waals surface area contributed by atoms with Crippen LogP contribution in [0.25, 0.3) is 10.6 Å². The molecule has 0 amide bonds. The Balaban J connectivity index is 1.45. The molecule has 0 radical (unpaired) electrons. The average molecular weight is 367 g/mol. The first-order chi connectivity index (χ1) is 10.3. The average Bonchev–Trinajstić information content (AvgIpc) is 3.13. The number of nitrogens with zero attached hydrogens (tertiary/aromatic N) is 1. The van der Waals surface area contributed by atoms with Crippen LogP contribution in [-0.2, 0) is 6.54 Å². The lowest BCUT2D eigenvalue weighted by Gasteiger charge is -2.12. The lowest BCUT2D eigenvalue weighted by atomic mass is 9.97. The Kier molecular flexibility index (Phi) is 5.27. The van der Waals surface area contributed by atoms with Gasteiger partial charge in [-0.25, -0.2) is 4.98 Å². The summed E-state index contributed by atoms with van der Waals surface area (Å²) in [7, 11) is 0. The Labute approximate surface area is 137 Å². The second kappa shape index (κ2) is 7.38. The van der Waals surface area contributed by atoms with Crippen molar-refractivity contribution in [1.29, 1.82) is 0 Å². The van der Waals surface area contributed by atoms with Crippen LogP contribution in [0.5, 0.6) is 0 Å². The number of aromatic nitrogens is 1. The topological polar surface area (TPSA) is 38.1 Å². The van der Waals surface area contributed by atoms with Crippen molar-refractivity contribution in [2.75, 3.05) is 6.54 Å². The number of thiazole rings is 1. The summed E-state index contributed by atoms with van der Waals surface area (Å²) in [6.45, 7) is 1.87. The fourth-order valence-corrected chi connectivity index (χ4v) is 3.68. The molecule has 3 nitrogen and oxygen atoms in total. The van der Waals surface area contributed by atoms with Crippen molar-refractivity contribution in [3.63, 3.8) is 0 Å². The summed E-state index contributed by atoms with van der Waals surface area (Å²) in [5.74, 6) is 0.873. The quantitative estimate of drug-likeness (QED) is 0.567. The van der Waals surface area contributed by atoms with Crippen LogP contribution in [0.3, 0.4) is 0 Å². The monoisotopic (exact) mass is 366 g/mol. The van der Waals surface area contributed by atoms with E-state index in [1.54, 1.807) is 16.9 Å². The number of halogens is 1. The Hall–Kier alpha value is -0.910. The molecule has 21 heavy (non-hydrogen) atoms. The highest BCUT2D eigenvalue weighted by molar-refractivity contribution is 9.10. The smallest absolute Gasteiger partial charge is 0.169 e. The lowest BCUT2D eigenvalue weighted by Crippen LogP contribution is -2.15. The van der Waals surface area contributed by atoms with Crippen LogP contribution >= 0.6 is 27.3 Å². The number of allylic oxidation sites excluding steroid dienone is 1. The molecule has 0 unspecified atom stereocenters. The van der Waals surface area contributed by atoms with Gasteiger partial charge in [-0.1, -0.05) is 11.6 Å². The molecule has 0 aliphatic heterocycles. The van der Waals surface area contributed by atoms with Gasteiger partial charge in [-0.05, 0) is 66.7 Å². The molecule has 2 aromatic rings. The van der Waals surface area contributed by atoms with E-state index in [9.17, 15) is 0 Å². The predicted octanol–water partition coefficient (Wildman–Crippen LogP) is 5.15. The first kappa shape index (κ1) is 15.0. The molecule has 0 bridgehead atoms. The van der Waals surface area contributed by atoms with Gasteiger partial charge in [-0.3, -0.25) is 0 Å². The molecular formula is C16H19BrN2OS. The summed E-state index contributed by atoms with van der Waals surface area (Å²) in [6, 6.07) is 3.87. The van der Waals surface area contributed by atoms with Gasteiger partial charge in [0.2, 0.25) is 0 Å². The van der Waals surface area contributed by atoms with E-state index >= 15 is 0 Å². The third kappa shape index (κ3) is 4.28. The van der Waals surface area contributed by atoms with Crippen molar-refractivity contribution >= 4 is 27.3 Å². The fourth-order valence-electron chi connectivity index (χ4n) is 2.53. The molecule has 1 N–H and O–H groups in total. The maximum atomic E-state index is 5.55. The minimum Gasteiger partial charge on any atom is -0.448 e. The standard InChI is InChI=1S/C16H19BrN2OS/c17-15-7-6-13(20-15)14-10-19-16(21-14)11-18-9-8-12-4-2-1-3-5-12/h4,6-7,10,18H,1-3,5,8-9,11H2. The van der Waals surface area contributed by atoms with Gasteiger partial charge in [-0.2, -0.15) is 0 Å². The molecule has 112 valence electrons. The number of furan rings is 1. The third-order valence-corrected chi connectivity index (χ3v) is 5.09. The molecule has 0 saturated carbocycles. The Bertz CT molecular complexity index is 617. The highest BCUT2D eigenvalue weighted by Gasteiger charge is 2.08. The minimum atomic E-state index is 0.756. The van der Waals surface area contributed by atoms with Gasteiger partial charge in [0.1, 0.15) is 10.8 Å². The van der Waals surface area contributed by atoms with E-state index in [1.807, 2.05) is 18.3 Å². The zero-order chi connectivity index (χ0) is 14.5. The SMILES string of the molecule is Brc1ccc(-c2cnc(CNCCC3=CCCCC3)s2)o1. The van der Waals surface area contributed by atoms with Crippen LogP contribution in [0.1, 0.15) is 37.1 Å². The number of rotatable bonds is 6. The van der Waals surface area contributed by atoms with Gasteiger partial charge < -0.3 is 9.73 Å². The summed E-state index contributed by atoms with van der Waals surface area (Å²) in [5, 5.41) is 4.59. The molecule has 0 spiro atoms. The van der Waals surface area contributed by atoms with Gasteiger partial charge >= 0.3 is 0 Å². The molecule has 0 aromatic carbocycles. The van der Waals surface area contributed by atoms with Crippen LogP contribution in [0.15, 0.2) is 39.1 Å². The molecule has 2 aromatic heterocycles. The van der Waals surface area contributed by atoms with E-state index in [2.05, 4.69) is 32.3 Å². The van der Waals surface area contributed by atoms with Crippen molar-refractivity contribution < 1.29 is 4.42 Å². The summed E-state index contributed by atoms with van der Waals surface area (Å²) < 4.78 is 6.30. The first-order valence-electron chi connectivity index (χ1n) is 7.40. The predicted molar refractivity (Wildman–Crippen MR) is 90.4 cm³/mol. The Morgan fingerprint density at radius 3 is 3.05 bits per heavy atom. The minimum absolute atomic E-state index is 0.756. The van der Waals surface area contributed by atoms with Gasteiger partial charge in [0.15, 0.2) is 4.67 Å². The highest BCUT2D eigenvalue weighted by atomic mass is 79.9. The van der Waals surface area contributed by atoms with Crippen LogP contribution in [0, 0.1) is 0 Å².